The van der Waals surface area contributed by atoms with E-state index in [4.69, 9.17) is 0 Å². The number of nitrogens with one attached hydrogen (secondary N) is 1. The first-order chi connectivity index (χ1) is 10.1. The van der Waals surface area contributed by atoms with Crippen molar-refractivity contribution in [3.8, 4) is 0 Å². The van der Waals surface area contributed by atoms with Crippen LogP contribution in [0.4, 0.5) is 5.69 Å². The van der Waals surface area contributed by atoms with Crippen molar-refractivity contribution in [3.05, 3.63) is 40.5 Å². The van der Waals surface area contributed by atoms with Crippen LogP contribution in [0, 0.1) is 10.1 Å². The number of carbonyl (C=O) groups is 1. The van der Waals surface area contributed by atoms with E-state index in [-0.39, 0.29) is 18.0 Å². The average Bonchev–Trinajstić information content (AvgIpc) is 3.11. The molecule has 0 aliphatic rings. The molecule has 2 rings (SSSR count). The first-order valence-electron chi connectivity index (χ1n) is 6.54. The maximum Gasteiger partial charge on any atom is 0.306 e. The number of aromatic nitrogens is 4. The van der Waals surface area contributed by atoms with Crippen LogP contribution in [0.5, 0.6) is 0 Å². The van der Waals surface area contributed by atoms with E-state index in [0.29, 0.717) is 13.1 Å². The van der Waals surface area contributed by atoms with Crippen LogP contribution in [0.3, 0.4) is 0 Å². The Morgan fingerprint density at radius 2 is 2.29 bits per heavy atom. The van der Waals surface area contributed by atoms with Gasteiger partial charge in [0.25, 0.3) is 0 Å². The summed E-state index contributed by atoms with van der Waals surface area (Å²) in [5.41, 5.74) is 0.850. The van der Waals surface area contributed by atoms with Gasteiger partial charge in [-0.2, -0.15) is 10.2 Å². The first kappa shape index (κ1) is 14.7. The molecule has 0 radical (unpaired) electrons. The Balaban J connectivity index is 1.78. The SMILES string of the molecule is CCn1nccc1CNC(=O)CCn1cc([N+](=O)[O-])cn1. The fraction of sp³-hybridized carbons (Fsp3) is 0.417. The summed E-state index contributed by atoms with van der Waals surface area (Å²) in [4.78, 5) is 21.7. The third-order valence-electron chi connectivity index (χ3n) is 2.97. The molecule has 0 atom stereocenters. The van der Waals surface area contributed by atoms with Gasteiger partial charge in [-0.15, -0.1) is 0 Å². The zero-order valence-electron chi connectivity index (χ0n) is 11.6. The highest BCUT2D eigenvalue weighted by Crippen LogP contribution is 2.08. The molecule has 1 N–H and O–H groups in total. The van der Waals surface area contributed by atoms with E-state index >= 15 is 0 Å². The summed E-state index contributed by atoms with van der Waals surface area (Å²) in [6, 6.07) is 1.85. The van der Waals surface area contributed by atoms with E-state index in [9.17, 15) is 14.9 Å². The summed E-state index contributed by atoms with van der Waals surface area (Å²) in [5, 5.41) is 21.2. The van der Waals surface area contributed by atoms with Crippen LogP contribution in [0.15, 0.2) is 24.7 Å². The van der Waals surface area contributed by atoms with Crippen LogP contribution in [0.2, 0.25) is 0 Å². The zero-order valence-corrected chi connectivity index (χ0v) is 11.6. The molecule has 9 heteroatoms. The standard InChI is InChI=1S/C12H16N6O3/c1-2-17-10(3-5-14-17)7-13-12(19)4-6-16-9-11(8-15-16)18(20)21/h3,5,8-9H,2,4,6-7H2,1H3,(H,13,19). The highest BCUT2D eigenvalue weighted by molar-refractivity contribution is 5.75. The van der Waals surface area contributed by atoms with Gasteiger partial charge in [-0.25, -0.2) is 0 Å². The van der Waals surface area contributed by atoms with Gasteiger partial charge in [0, 0.05) is 25.7 Å². The van der Waals surface area contributed by atoms with Crippen LogP contribution in [0.25, 0.3) is 0 Å². The lowest BCUT2D eigenvalue weighted by Gasteiger charge is -2.07. The minimum Gasteiger partial charge on any atom is -0.350 e. The topological polar surface area (TPSA) is 108 Å². The number of nitrogens with zero attached hydrogens (tertiary/aromatic N) is 5. The van der Waals surface area contributed by atoms with Gasteiger partial charge in [0.1, 0.15) is 12.4 Å². The van der Waals surface area contributed by atoms with Crippen LogP contribution in [-0.4, -0.2) is 30.4 Å². The largest absolute Gasteiger partial charge is 0.350 e. The van der Waals surface area contributed by atoms with Crippen molar-refractivity contribution in [1.29, 1.82) is 0 Å². The molecular weight excluding hydrogens is 276 g/mol. The monoisotopic (exact) mass is 292 g/mol. The molecule has 0 spiro atoms. The molecular formula is C12H16N6O3. The lowest BCUT2D eigenvalue weighted by molar-refractivity contribution is -0.385. The van der Waals surface area contributed by atoms with Crippen LogP contribution >= 0.6 is 0 Å². The van der Waals surface area contributed by atoms with Crippen molar-refractivity contribution in [2.24, 2.45) is 0 Å². The second-order valence-corrected chi connectivity index (χ2v) is 4.38. The summed E-state index contributed by atoms with van der Waals surface area (Å²) >= 11 is 0. The van der Waals surface area contributed by atoms with Crippen LogP contribution < -0.4 is 5.32 Å². The molecule has 112 valence electrons. The van der Waals surface area contributed by atoms with E-state index in [1.54, 1.807) is 10.9 Å². The smallest absolute Gasteiger partial charge is 0.306 e. The Labute approximate surface area is 120 Å². The van der Waals surface area contributed by atoms with Gasteiger partial charge in [-0.3, -0.25) is 24.3 Å². The van der Waals surface area contributed by atoms with Gasteiger partial charge in [0.15, 0.2) is 0 Å². The Morgan fingerprint density at radius 3 is 2.95 bits per heavy atom. The maximum atomic E-state index is 11.7. The highest BCUT2D eigenvalue weighted by atomic mass is 16.6. The summed E-state index contributed by atoms with van der Waals surface area (Å²) in [6.45, 7) is 3.43. The van der Waals surface area contributed by atoms with Crippen molar-refractivity contribution in [2.75, 3.05) is 0 Å². The number of nitro groups is 1. The normalized spacial score (nSPS) is 10.5. The Morgan fingerprint density at radius 1 is 1.48 bits per heavy atom. The molecule has 2 aromatic rings. The van der Waals surface area contributed by atoms with Gasteiger partial charge in [0.2, 0.25) is 5.91 Å². The molecule has 0 saturated heterocycles. The minimum atomic E-state index is -0.518. The third-order valence-corrected chi connectivity index (χ3v) is 2.97. The Hall–Kier alpha value is -2.71. The molecule has 2 aromatic heterocycles. The second kappa shape index (κ2) is 6.64. The molecule has 0 unspecified atom stereocenters. The molecule has 2 heterocycles. The lowest BCUT2D eigenvalue weighted by atomic mass is 10.3. The highest BCUT2D eigenvalue weighted by Gasteiger charge is 2.10. The van der Waals surface area contributed by atoms with Crippen molar-refractivity contribution >= 4 is 11.6 Å². The Kier molecular flexibility index (Phi) is 4.64. The fourth-order valence-corrected chi connectivity index (χ4v) is 1.86. The fourth-order valence-electron chi connectivity index (χ4n) is 1.86. The summed E-state index contributed by atoms with van der Waals surface area (Å²) < 4.78 is 3.19. The van der Waals surface area contributed by atoms with Crippen molar-refractivity contribution in [1.82, 2.24) is 24.9 Å². The lowest BCUT2D eigenvalue weighted by Crippen LogP contribution is -2.25. The van der Waals surface area contributed by atoms with E-state index in [1.165, 1.54) is 10.9 Å². The summed E-state index contributed by atoms with van der Waals surface area (Å²) in [5.74, 6) is -0.142. The maximum absolute atomic E-state index is 11.7. The zero-order chi connectivity index (χ0) is 15.2. The molecule has 0 aromatic carbocycles. The van der Waals surface area contributed by atoms with Crippen LogP contribution in [0.1, 0.15) is 19.0 Å². The molecule has 0 aliphatic carbocycles. The van der Waals surface area contributed by atoms with E-state index in [0.717, 1.165) is 18.4 Å². The number of carbonyl (C=O) groups excluding carboxylic acids is 1. The Bertz CT molecular complexity index is 632. The summed E-state index contributed by atoms with van der Waals surface area (Å²) in [6.07, 6.45) is 4.37. The van der Waals surface area contributed by atoms with Crippen molar-refractivity contribution < 1.29 is 9.72 Å². The number of aryl methyl sites for hydroxylation is 2. The number of rotatable bonds is 7. The molecule has 0 bridgehead atoms. The van der Waals surface area contributed by atoms with Gasteiger partial charge in [0.05, 0.1) is 17.2 Å². The predicted octanol–water partition coefficient (Wildman–Crippen LogP) is 0.714. The van der Waals surface area contributed by atoms with Gasteiger partial charge in [-0.1, -0.05) is 0 Å². The second-order valence-electron chi connectivity index (χ2n) is 4.38. The molecule has 0 fully saturated rings. The molecule has 1 amide bonds. The molecule has 21 heavy (non-hydrogen) atoms. The van der Waals surface area contributed by atoms with E-state index < -0.39 is 4.92 Å². The number of amides is 1. The predicted molar refractivity (Wildman–Crippen MR) is 73.2 cm³/mol. The van der Waals surface area contributed by atoms with Gasteiger partial charge < -0.3 is 5.32 Å². The van der Waals surface area contributed by atoms with Gasteiger partial charge in [-0.05, 0) is 13.0 Å². The molecule has 0 aliphatic heterocycles. The van der Waals surface area contributed by atoms with Crippen LogP contribution in [-0.2, 0) is 24.4 Å². The van der Waals surface area contributed by atoms with Crippen molar-refractivity contribution in [2.45, 2.75) is 33.0 Å². The van der Waals surface area contributed by atoms with Gasteiger partial charge >= 0.3 is 5.69 Å². The number of hydrogen-bond donors (Lipinski definition) is 1. The van der Waals surface area contributed by atoms with E-state index in [1.807, 2.05) is 13.0 Å². The third kappa shape index (κ3) is 3.88. The molecule has 0 saturated carbocycles. The quantitative estimate of drug-likeness (QED) is 0.597. The minimum absolute atomic E-state index is 0.0812. The molecule has 9 nitrogen and oxygen atoms in total. The van der Waals surface area contributed by atoms with E-state index in [2.05, 4.69) is 15.5 Å². The first-order valence-corrected chi connectivity index (χ1v) is 6.54. The number of hydrogen-bond acceptors (Lipinski definition) is 5. The average molecular weight is 292 g/mol. The van der Waals surface area contributed by atoms with Crippen molar-refractivity contribution in [3.63, 3.8) is 0 Å². The summed E-state index contributed by atoms with van der Waals surface area (Å²) in [7, 11) is 0.